The zero-order chi connectivity index (χ0) is 28.5. The summed E-state index contributed by atoms with van der Waals surface area (Å²) in [6.45, 7) is 13.0. The van der Waals surface area contributed by atoms with Crippen LogP contribution in [-0.4, -0.2) is 52.3 Å². The first-order chi connectivity index (χ1) is 18.8. The number of carbonyl (C=O) groups is 2. The number of pyridine rings is 1. The van der Waals surface area contributed by atoms with Gasteiger partial charge in [0.05, 0.1) is 0 Å². The van der Waals surface area contributed by atoms with Gasteiger partial charge in [-0.3, -0.25) is 14.6 Å². The predicted octanol–water partition coefficient (Wildman–Crippen LogP) is 7.05. The minimum Gasteiger partial charge on any atom is -0.335 e. The van der Waals surface area contributed by atoms with E-state index < -0.39 is 5.82 Å². The lowest BCUT2D eigenvalue weighted by molar-refractivity contribution is -0.125. The van der Waals surface area contributed by atoms with Gasteiger partial charge in [-0.2, -0.15) is 0 Å². The van der Waals surface area contributed by atoms with Crippen molar-refractivity contribution in [2.24, 2.45) is 4.99 Å². The Morgan fingerprint density at radius 3 is 2.54 bits per heavy atom. The summed E-state index contributed by atoms with van der Waals surface area (Å²) in [5.74, 6) is 0.0595. The van der Waals surface area contributed by atoms with Gasteiger partial charge in [0, 0.05) is 42.7 Å². The highest BCUT2D eigenvalue weighted by Crippen LogP contribution is 2.29. The van der Waals surface area contributed by atoms with E-state index in [1.807, 2.05) is 43.7 Å². The van der Waals surface area contributed by atoms with Crippen LogP contribution in [0.2, 0.25) is 0 Å². The molecule has 0 bridgehead atoms. The number of carbonyl (C=O) groups excluding carboxylic acids is 2. The van der Waals surface area contributed by atoms with Gasteiger partial charge >= 0.3 is 0 Å². The average Bonchev–Trinajstić information content (AvgIpc) is 3.18. The Labute approximate surface area is 231 Å². The number of aromatic nitrogens is 1. The van der Waals surface area contributed by atoms with E-state index in [0.717, 1.165) is 44.3 Å². The number of nitrogens with zero attached hydrogens (tertiary/aromatic N) is 4. The lowest BCUT2D eigenvalue weighted by Crippen LogP contribution is -2.43. The molecular weight excluding hydrogens is 491 g/mol. The number of likely N-dealkylation sites (tertiary alicyclic amines) is 1. The van der Waals surface area contributed by atoms with Gasteiger partial charge in [-0.05, 0) is 61.6 Å². The van der Waals surface area contributed by atoms with E-state index in [0.29, 0.717) is 45.8 Å². The maximum atomic E-state index is 15.2. The third kappa shape index (κ3) is 6.96. The first-order valence-corrected chi connectivity index (χ1v) is 13.8. The molecule has 1 aromatic carbocycles. The monoisotopic (exact) mass is 530 g/mol. The summed E-state index contributed by atoms with van der Waals surface area (Å²) in [5, 5.41) is 0. The van der Waals surface area contributed by atoms with Gasteiger partial charge in [0.2, 0.25) is 0 Å². The lowest BCUT2D eigenvalue weighted by atomic mass is 10.0. The predicted molar refractivity (Wildman–Crippen MR) is 157 cm³/mol. The van der Waals surface area contributed by atoms with Crippen molar-refractivity contribution in [3.63, 3.8) is 0 Å². The molecular formula is C32H39FN4O2. The highest BCUT2D eigenvalue weighted by atomic mass is 19.1. The Kier molecular flexibility index (Phi) is 10.5. The Bertz CT molecular complexity index is 1290. The van der Waals surface area contributed by atoms with E-state index in [9.17, 15) is 9.59 Å². The van der Waals surface area contributed by atoms with Gasteiger partial charge in [0.25, 0.3) is 5.91 Å². The third-order valence-corrected chi connectivity index (χ3v) is 7.07. The van der Waals surface area contributed by atoms with Crippen LogP contribution in [0.3, 0.4) is 0 Å². The number of allylic oxidation sites excluding steroid dienone is 3. The molecule has 0 radical (unpaired) electrons. The highest BCUT2D eigenvalue weighted by molar-refractivity contribution is 6.43. The van der Waals surface area contributed by atoms with Crippen molar-refractivity contribution >= 4 is 23.5 Å². The molecule has 1 fully saturated rings. The van der Waals surface area contributed by atoms with Crippen LogP contribution in [0.15, 0.2) is 71.8 Å². The fourth-order valence-corrected chi connectivity index (χ4v) is 4.77. The second-order valence-corrected chi connectivity index (χ2v) is 9.55. The Balaban J connectivity index is 0.00000205. The summed E-state index contributed by atoms with van der Waals surface area (Å²) >= 11 is 0. The van der Waals surface area contributed by atoms with Crippen molar-refractivity contribution in [1.82, 2.24) is 14.8 Å². The summed E-state index contributed by atoms with van der Waals surface area (Å²) in [7, 11) is 1.89. The molecule has 1 aromatic heterocycles. The quantitative estimate of drug-likeness (QED) is 0.375. The van der Waals surface area contributed by atoms with E-state index >= 15 is 4.39 Å². The van der Waals surface area contributed by atoms with Crippen molar-refractivity contribution in [2.75, 3.05) is 13.6 Å². The zero-order valence-electron chi connectivity index (χ0n) is 23.7. The number of aldehydes is 1. The molecule has 3 heterocycles. The number of benzene rings is 1. The van der Waals surface area contributed by atoms with Crippen LogP contribution >= 0.6 is 0 Å². The molecule has 0 saturated carbocycles. The molecule has 2 aliphatic rings. The first-order valence-electron chi connectivity index (χ1n) is 13.8. The maximum absolute atomic E-state index is 15.2. The lowest BCUT2D eigenvalue weighted by Gasteiger charge is -2.31. The van der Waals surface area contributed by atoms with Crippen LogP contribution in [-0.2, 0) is 4.79 Å². The SMILES string of the molecule is C=C(/C=C1/N=C(C(=O)N2CCCCCC2C)C=C(CC)N1C)c1ccc(-c2ccc(C=O)nc2)cc1F.CC. The topological polar surface area (TPSA) is 65.9 Å². The van der Waals surface area contributed by atoms with E-state index in [-0.39, 0.29) is 11.9 Å². The van der Waals surface area contributed by atoms with Crippen LogP contribution in [0, 0.1) is 5.82 Å². The summed E-state index contributed by atoms with van der Waals surface area (Å²) in [6, 6.07) is 8.40. The third-order valence-electron chi connectivity index (χ3n) is 7.07. The van der Waals surface area contributed by atoms with Crippen LogP contribution in [0.25, 0.3) is 16.7 Å². The van der Waals surface area contributed by atoms with Crippen LogP contribution in [0.4, 0.5) is 4.39 Å². The van der Waals surface area contributed by atoms with E-state index in [2.05, 4.69) is 18.5 Å². The summed E-state index contributed by atoms with van der Waals surface area (Å²) in [5.41, 5.74) is 3.85. The Morgan fingerprint density at radius 2 is 1.90 bits per heavy atom. The molecule has 2 aliphatic heterocycles. The standard InChI is InChI=1S/C30H33FN4O2.C2H6/c1-5-25-17-28(30(37)35-14-8-6-7-9-21(35)3)33-29(34(25)4)15-20(2)26-13-11-22(16-27(26)31)23-10-12-24(19-36)32-18-23;1-2/h10-13,15-19,21H,2,5-9,14H2,1,3-4H3;1-2H3/b29-15-;. The Morgan fingerprint density at radius 1 is 1.15 bits per heavy atom. The van der Waals surface area contributed by atoms with Crippen molar-refractivity contribution in [1.29, 1.82) is 0 Å². The minimum atomic E-state index is -0.429. The van der Waals surface area contributed by atoms with Crippen LogP contribution in [0.5, 0.6) is 0 Å². The van der Waals surface area contributed by atoms with Gasteiger partial charge in [-0.25, -0.2) is 9.38 Å². The molecule has 4 rings (SSSR count). The minimum absolute atomic E-state index is 0.0605. The van der Waals surface area contributed by atoms with Crippen molar-refractivity contribution in [3.05, 3.63) is 83.9 Å². The second-order valence-electron chi connectivity index (χ2n) is 9.55. The Hall–Kier alpha value is -3.87. The number of hydrogen-bond acceptors (Lipinski definition) is 5. The smallest absolute Gasteiger partial charge is 0.272 e. The van der Waals surface area contributed by atoms with Gasteiger partial charge in [-0.1, -0.05) is 58.4 Å². The average molecular weight is 531 g/mol. The molecule has 2 aromatic rings. The van der Waals surface area contributed by atoms with Crippen LogP contribution in [0.1, 0.15) is 75.9 Å². The van der Waals surface area contributed by atoms with E-state index in [4.69, 9.17) is 4.99 Å². The van der Waals surface area contributed by atoms with Gasteiger partial charge in [-0.15, -0.1) is 0 Å². The summed E-state index contributed by atoms with van der Waals surface area (Å²) in [6.07, 6.45) is 10.8. The van der Waals surface area contributed by atoms with Gasteiger partial charge in [0.1, 0.15) is 23.0 Å². The number of hydrogen-bond donors (Lipinski definition) is 0. The highest BCUT2D eigenvalue weighted by Gasteiger charge is 2.28. The van der Waals surface area contributed by atoms with Crippen LogP contribution < -0.4 is 0 Å². The van der Waals surface area contributed by atoms with Crippen molar-refractivity contribution in [2.45, 2.75) is 65.8 Å². The molecule has 0 aliphatic carbocycles. The van der Waals surface area contributed by atoms with E-state index in [1.54, 1.807) is 36.5 Å². The molecule has 7 heteroatoms. The van der Waals surface area contributed by atoms with E-state index in [1.165, 1.54) is 6.07 Å². The van der Waals surface area contributed by atoms with Gasteiger partial charge in [0.15, 0.2) is 6.29 Å². The fourth-order valence-electron chi connectivity index (χ4n) is 4.77. The molecule has 1 amide bonds. The molecule has 206 valence electrons. The first kappa shape index (κ1) is 29.7. The van der Waals surface area contributed by atoms with Crippen molar-refractivity contribution < 1.29 is 14.0 Å². The number of halogens is 1. The molecule has 1 unspecified atom stereocenters. The number of aliphatic imine (C=N–C) groups is 1. The normalized spacial score (nSPS) is 18.4. The second kappa shape index (κ2) is 13.8. The maximum Gasteiger partial charge on any atom is 0.272 e. The largest absolute Gasteiger partial charge is 0.335 e. The summed E-state index contributed by atoms with van der Waals surface area (Å²) in [4.78, 5) is 36.9. The fraction of sp³-hybridized carbons (Fsp3) is 0.375. The zero-order valence-corrected chi connectivity index (χ0v) is 23.7. The summed E-state index contributed by atoms with van der Waals surface area (Å²) < 4.78 is 15.2. The molecule has 1 atom stereocenters. The molecule has 0 spiro atoms. The van der Waals surface area contributed by atoms with Crippen molar-refractivity contribution in [3.8, 4) is 11.1 Å². The number of rotatable bonds is 6. The molecule has 1 saturated heterocycles. The molecule has 6 nitrogen and oxygen atoms in total. The molecule has 0 N–H and O–H groups in total. The van der Waals surface area contributed by atoms with Gasteiger partial charge < -0.3 is 9.80 Å². The molecule has 39 heavy (non-hydrogen) atoms. The number of amides is 1.